The Hall–Kier alpha value is -1.81. The highest BCUT2D eigenvalue weighted by Crippen LogP contribution is 2.23. The van der Waals surface area contributed by atoms with Crippen molar-refractivity contribution in [2.24, 2.45) is 0 Å². The lowest BCUT2D eigenvalue weighted by Crippen LogP contribution is -2.29. The van der Waals surface area contributed by atoms with Crippen molar-refractivity contribution >= 4 is 27.7 Å². The fraction of sp³-hybridized carbons (Fsp3) is 0.278. The van der Waals surface area contributed by atoms with E-state index in [4.69, 9.17) is 3.83 Å². The van der Waals surface area contributed by atoms with Gasteiger partial charge in [0.1, 0.15) is 5.75 Å². The van der Waals surface area contributed by atoms with E-state index in [9.17, 15) is 4.79 Å². The normalized spacial score (nSPS) is 14.7. The highest BCUT2D eigenvalue weighted by atomic mass is 79.9. The second kappa shape index (κ2) is 6.97. The van der Waals surface area contributed by atoms with Crippen LogP contribution in [0.3, 0.4) is 0 Å². The van der Waals surface area contributed by atoms with Gasteiger partial charge in [-0.15, -0.1) is 0 Å². The fourth-order valence-corrected chi connectivity index (χ4v) is 3.05. The van der Waals surface area contributed by atoms with Crippen molar-refractivity contribution in [2.45, 2.75) is 19.3 Å². The van der Waals surface area contributed by atoms with E-state index in [2.05, 4.69) is 27.2 Å². The Bertz CT molecular complexity index is 666. The third-order valence-corrected chi connectivity index (χ3v) is 4.39. The van der Waals surface area contributed by atoms with Crippen molar-refractivity contribution in [1.82, 2.24) is 0 Å². The molecule has 0 atom stereocenters. The highest BCUT2D eigenvalue weighted by Gasteiger charge is 2.14. The standard InChI is InChI=1S/C18H18BrNO2/c19-22-17-9-5-7-15(13-17)18(21)14-6-4-8-16(12-14)20-10-2-1-3-11-20/h4-9,12-13H,1-3,10-11H2. The summed E-state index contributed by atoms with van der Waals surface area (Å²) in [5.41, 5.74) is 2.49. The highest BCUT2D eigenvalue weighted by molar-refractivity contribution is 9.06. The molecule has 1 aliphatic rings. The molecule has 0 spiro atoms. The molecule has 0 aliphatic carbocycles. The zero-order chi connectivity index (χ0) is 15.4. The number of piperidine rings is 1. The predicted octanol–water partition coefficient (Wildman–Crippen LogP) is 4.60. The molecule has 3 rings (SSSR count). The molecule has 0 unspecified atom stereocenters. The quantitative estimate of drug-likeness (QED) is 0.747. The summed E-state index contributed by atoms with van der Waals surface area (Å²) in [7, 11) is 0. The molecule has 1 saturated heterocycles. The van der Waals surface area contributed by atoms with Gasteiger partial charge in [-0.25, -0.2) is 0 Å². The number of carbonyl (C=O) groups excluding carboxylic acids is 1. The summed E-state index contributed by atoms with van der Waals surface area (Å²) in [6.45, 7) is 2.15. The molecule has 22 heavy (non-hydrogen) atoms. The van der Waals surface area contributed by atoms with Gasteiger partial charge < -0.3 is 8.73 Å². The smallest absolute Gasteiger partial charge is 0.193 e. The minimum Gasteiger partial charge on any atom is -0.418 e. The average Bonchev–Trinajstić information content (AvgIpc) is 2.62. The maximum absolute atomic E-state index is 12.7. The maximum atomic E-state index is 12.7. The number of carbonyl (C=O) groups is 1. The van der Waals surface area contributed by atoms with Gasteiger partial charge in [0.25, 0.3) is 0 Å². The summed E-state index contributed by atoms with van der Waals surface area (Å²) in [5, 5.41) is 0. The van der Waals surface area contributed by atoms with Crippen LogP contribution in [0.4, 0.5) is 5.69 Å². The Kier molecular flexibility index (Phi) is 4.78. The molecule has 2 aromatic rings. The second-order valence-corrected chi connectivity index (χ2v) is 5.86. The first kappa shape index (κ1) is 15.1. The SMILES string of the molecule is O=C(c1cccc(OBr)c1)c1cccc(N2CCCCC2)c1. The summed E-state index contributed by atoms with van der Waals surface area (Å²) in [6.07, 6.45) is 3.75. The van der Waals surface area contributed by atoms with Gasteiger partial charge in [0.05, 0.1) is 0 Å². The number of halogens is 1. The van der Waals surface area contributed by atoms with Crippen LogP contribution in [0.1, 0.15) is 35.2 Å². The van der Waals surface area contributed by atoms with E-state index in [-0.39, 0.29) is 5.78 Å². The first-order valence-electron chi connectivity index (χ1n) is 7.56. The van der Waals surface area contributed by atoms with Crippen molar-refractivity contribution < 1.29 is 8.62 Å². The first-order chi connectivity index (χ1) is 10.8. The largest absolute Gasteiger partial charge is 0.418 e. The van der Waals surface area contributed by atoms with E-state index in [1.807, 2.05) is 30.3 Å². The molecule has 3 nitrogen and oxygen atoms in total. The lowest BCUT2D eigenvalue weighted by Gasteiger charge is -2.29. The summed E-state index contributed by atoms with van der Waals surface area (Å²) in [5.74, 6) is 0.642. The van der Waals surface area contributed by atoms with Gasteiger partial charge in [0.15, 0.2) is 22.0 Å². The summed E-state index contributed by atoms with van der Waals surface area (Å²) < 4.78 is 5.01. The molecule has 0 aromatic heterocycles. The zero-order valence-electron chi connectivity index (χ0n) is 12.3. The van der Waals surface area contributed by atoms with Gasteiger partial charge in [-0.1, -0.05) is 24.3 Å². The molecular formula is C18H18BrNO2. The molecule has 2 aromatic carbocycles. The van der Waals surface area contributed by atoms with Crippen LogP contribution >= 0.6 is 16.3 Å². The molecule has 1 heterocycles. The predicted molar refractivity (Wildman–Crippen MR) is 91.9 cm³/mol. The van der Waals surface area contributed by atoms with Crippen LogP contribution in [-0.2, 0) is 0 Å². The molecule has 114 valence electrons. The van der Waals surface area contributed by atoms with Crippen LogP contribution in [0.25, 0.3) is 0 Å². The van der Waals surface area contributed by atoms with Crippen molar-refractivity contribution in [3.63, 3.8) is 0 Å². The van der Waals surface area contributed by atoms with E-state index in [0.29, 0.717) is 11.3 Å². The van der Waals surface area contributed by atoms with Crippen LogP contribution in [0.15, 0.2) is 48.5 Å². The Morgan fingerprint density at radius 1 is 0.955 bits per heavy atom. The van der Waals surface area contributed by atoms with Crippen LogP contribution in [0.5, 0.6) is 5.75 Å². The number of benzene rings is 2. The van der Waals surface area contributed by atoms with E-state index >= 15 is 0 Å². The maximum Gasteiger partial charge on any atom is 0.193 e. The Balaban J connectivity index is 1.85. The Morgan fingerprint density at radius 2 is 1.64 bits per heavy atom. The number of nitrogens with zero attached hydrogens (tertiary/aromatic N) is 1. The minimum atomic E-state index is 0.0188. The molecule has 4 heteroatoms. The third kappa shape index (κ3) is 3.33. The van der Waals surface area contributed by atoms with Crippen molar-refractivity contribution in [2.75, 3.05) is 18.0 Å². The Morgan fingerprint density at radius 3 is 2.36 bits per heavy atom. The lowest BCUT2D eigenvalue weighted by molar-refractivity contribution is 0.103. The minimum absolute atomic E-state index is 0.0188. The van der Waals surface area contributed by atoms with Gasteiger partial charge in [0.2, 0.25) is 0 Å². The zero-order valence-corrected chi connectivity index (χ0v) is 13.9. The van der Waals surface area contributed by atoms with Crippen LogP contribution < -0.4 is 8.73 Å². The number of hydrogen-bond acceptors (Lipinski definition) is 3. The van der Waals surface area contributed by atoms with Gasteiger partial charge in [-0.2, -0.15) is 0 Å². The van der Waals surface area contributed by atoms with E-state index in [1.54, 1.807) is 12.1 Å². The number of anilines is 1. The van der Waals surface area contributed by atoms with E-state index in [0.717, 1.165) is 24.3 Å². The number of hydrogen-bond donors (Lipinski definition) is 0. The molecule has 1 fully saturated rings. The summed E-state index contributed by atoms with van der Waals surface area (Å²) in [6, 6.07) is 15.1. The molecule has 0 saturated carbocycles. The third-order valence-electron chi connectivity index (χ3n) is 4.01. The van der Waals surface area contributed by atoms with Gasteiger partial charge in [-0.3, -0.25) is 4.79 Å². The fourth-order valence-electron chi connectivity index (χ4n) is 2.85. The summed E-state index contributed by atoms with van der Waals surface area (Å²) in [4.78, 5) is 15.0. The number of rotatable bonds is 4. The van der Waals surface area contributed by atoms with Crippen LogP contribution in [-0.4, -0.2) is 18.9 Å². The van der Waals surface area contributed by atoms with Gasteiger partial charge >= 0.3 is 0 Å². The van der Waals surface area contributed by atoms with Crippen molar-refractivity contribution in [3.8, 4) is 5.75 Å². The van der Waals surface area contributed by atoms with Crippen molar-refractivity contribution in [1.29, 1.82) is 0 Å². The molecule has 0 radical (unpaired) electrons. The van der Waals surface area contributed by atoms with E-state index < -0.39 is 0 Å². The molecule has 0 amide bonds. The molecule has 0 N–H and O–H groups in total. The van der Waals surface area contributed by atoms with Gasteiger partial charge in [-0.05, 0) is 43.5 Å². The molecule has 1 aliphatic heterocycles. The number of ketones is 1. The van der Waals surface area contributed by atoms with Crippen LogP contribution in [0, 0.1) is 0 Å². The second-order valence-electron chi connectivity index (χ2n) is 5.53. The first-order valence-corrected chi connectivity index (χ1v) is 8.21. The topological polar surface area (TPSA) is 29.5 Å². The molecular weight excluding hydrogens is 342 g/mol. The monoisotopic (exact) mass is 359 g/mol. The van der Waals surface area contributed by atoms with Crippen LogP contribution in [0.2, 0.25) is 0 Å². The molecule has 0 bridgehead atoms. The Labute approximate surface area is 139 Å². The van der Waals surface area contributed by atoms with Crippen molar-refractivity contribution in [3.05, 3.63) is 59.7 Å². The average molecular weight is 360 g/mol. The lowest BCUT2D eigenvalue weighted by atomic mass is 10.0. The van der Waals surface area contributed by atoms with Gasteiger partial charge in [0, 0.05) is 29.9 Å². The summed E-state index contributed by atoms with van der Waals surface area (Å²) >= 11 is 2.94. The van der Waals surface area contributed by atoms with E-state index in [1.165, 1.54) is 19.3 Å².